The van der Waals surface area contributed by atoms with Crippen LogP contribution >= 0.6 is 0 Å². The third-order valence-corrected chi connectivity index (χ3v) is 5.96. The number of carbonyl (C=O) groups is 2. The van der Waals surface area contributed by atoms with Crippen LogP contribution in [0.4, 0.5) is 5.69 Å². The lowest BCUT2D eigenvalue weighted by Crippen LogP contribution is -2.27. The van der Waals surface area contributed by atoms with E-state index >= 15 is 0 Å². The number of methoxy groups -OCH3 is 1. The molecular weight excluding hydrogens is 428 g/mol. The lowest BCUT2D eigenvalue weighted by atomic mass is 9.93. The average molecular weight is 457 g/mol. The molecule has 5 N–H and O–H groups in total. The van der Waals surface area contributed by atoms with Gasteiger partial charge in [-0.05, 0) is 73.4 Å². The van der Waals surface area contributed by atoms with E-state index < -0.39 is 5.91 Å². The van der Waals surface area contributed by atoms with Crippen LogP contribution in [0.2, 0.25) is 0 Å². The Labute approximate surface area is 199 Å². The minimum Gasteiger partial charge on any atom is -0.496 e. The highest BCUT2D eigenvalue weighted by Gasteiger charge is 2.27. The molecule has 0 bridgehead atoms. The van der Waals surface area contributed by atoms with Crippen molar-refractivity contribution in [1.82, 2.24) is 10.6 Å². The first-order valence-electron chi connectivity index (χ1n) is 11.0. The summed E-state index contributed by atoms with van der Waals surface area (Å²) in [6.45, 7) is 6.02. The summed E-state index contributed by atoms with van der Waals surface area (Å²) in [5.41, 5.74) is 12.7. The summed E-state index contributed by atoms with van der Waals surface area (Å²) < 4.78 is 5.65. The van der Waals surface area contributed by atoms with Crippen molar-refractivity contribution in [1.29, 1.82) is 0 Å². The molecule has 7 heteroatoms. The molecule has 0 spiro atoms. The lowest BCUT2D eigenvalue weighted by Gasteiger charge is -2.19. The molecule has 0 fully saturated rings. The van der Waals surface area contributed by atoms with E-state index in [9.17, 15) is 9.59 Å². The highest BCUT2D eigenvalue weighted by atomic mass is 16.5. The van der Waals surface area contributed by atoms with Crippen LogP contribution in [-0.4, -0.2) is 18.9 Å². The Morgan fingerprint density at radius 1 is 0.941 bits per heavy atom. The Morgan fingerprint density at radius 3 is 2.32 bits per heavy atom. The second-order valence-corrected chi connectivity index (χ2v) is 8.35. The molecule has 2 amide bonds. The third-order valence-electron chi connectivity index (χ3n) is 5.96. The average Bonchev–Trinajstić information content (AvgIpc) is 3.21. The van der Waals surface area contributed by atoms with Gasteiger partial charge in [0, 0.05) is 22.5 Å². The number of aryl methyl sites for hydroxylation is 2. The van der Waals surface area contributed by atoms with Crippen molar-refractivity contribution >= 4 is 17.5 Å². The minimum atomic E-state index is -0.550. The number of nitrogens with two attached hydrogens (primary N) is 1. The Bertz CT molecular complexity index is 1290. The van der Waals surface area contributed by atoms with Crippen molar-refractivity contribution in [3.8, 4) is 16.9 Å². The number of nitrogens with one attached hydrogen (secondary N) is 3. The molecule has 7 nitrogen and oxygen atoms in total. The van der Waals surface area contributed by atoms with Gasteiger partial charge >= 0.3 is 0 Å². The summed E-state index contributed by atoms with van der Waals surface area (Å²) >= 11 is 0. The maximum absolute atomic E-state index is 13.0. The Morgan fingerprint density at radius 2 is 1.65 bits per heavy atom. The number of carbonyl (C=O) groups excluding carboxylic acids is 2. The van der Waals surface area contributed by atoms with Crippen LogP contribution < -0.4 is 26.4 Å². The number of allylic oxidation sites excluding steroid dienone is 1. The van der Waals surface area contributed by atoms with Gasteiger partial charge in [0.25, 0.3) is 5.91 Å². The zero-order valence-corrected chi connectivity index (χ0v) is 19.7. The zero-order valence-electron chi connectivity index (χ0n) is 19.7. The molecule has 3 aromatic rings. The number of hydrogen-bond donors (Lipinski definition) is 4. The number of amides is 2. The summed E-state index contributed by atoms with van der Waals surface area (Å²) in [4.78, 5) is 24.4. The van der Waals surface area contributed by atoms with E-state index in [1.54, 1.807) is 31.4 Å². The summed E-state index contributed by atoms with van der Waals surface area (Å²) in [6, 6.07) is 18.8. The quantitative estimate of drug-likeness (QED) is 0.446. The number of rotatable bonds is 6. The van der Waals surface area contributed by atoms with Crippen molar-refractivity contribution in [2.75, 3.05) is 12.4 Å². The Balaban J connectivity index is 1.58. The summed E-state index contributed by atoms with van der Waals surface area (Å²) in [5, 5.41) is 9.46. The van der Waals surface area contributed by atoms with Crippen LogP contribution in [0.1, 0.15) is 40.1 Å². The van der Waals surface area contributed by atoms with Crippen molar-refractivity contribution in [3.63, 3.8) is 0 Å². The first-order valence-corrected chi connectivity index (χ1v) is 11.0. The standard InChI is InChI=1S/C27H28N4O3/c1-15-7-5-8-16(2)23(15)21-14-19(11-12-22(21)34-4)26-29-17(3)24(31-26)27(33)30-20-10-6-9-18(13-20)25(28)32/h5-14,26,29,31H,1-4H3,(H2,28,32)(H,30,33). The fraction of sp³-hybridized carbons (Fsp3) is 0.185. The third kappa shape index (κ3) is 4.45. The monoisotopic (exact) mass is 456 g/mol. The normalized spacial score (nSPS) is 14.9. The number of benzene rings is 3. The van der Waals surface area contributed by atoms with Crippen molar-refractivity contribution in [2.24, 2.45) is 5.73 Å². The molecule has 174 valence electrons. The predicted molar refractivity (Wildman–Crippen MR) is 133 cm³/mol. The summed E-state index contributed by atoms with van der Waals surface area (Å²) in [7, 11) is 1.67. The maximum Gasteiger partial charge on any atom is 0.273 e. The SMILES string of the molecule is COc1ccc(C2NC(C)=C(C(=O)Nc3cccc(C(N)=O)c3)N2)cc1-c1c(C)cccc1C. The molecule has 1 atom stereocenters. The topological polar surface area (TPSA) is 105 Å². The molecule has 0 aliphatic carbocycles. The summed E-state index contributed by atoms with van der Waals surface area (Å²) in [6.07, 6.45) is -0.285. The van der Waals surface area contributed by atoms with Crippen LogP contribution in [0.5, 0.6) is 5.75 Å². The summed E-state index contributed by atoms with van der Waals surface area (Å²) in [5.74, 6) is -0.0693. The molecule has 0 saturated carbocycles. The first kappa shape index (κ1) is 22.9. The smallest absolute Gasteiger partial charge is 0.273 e. The van der Waals surface area contributed by atoms with E-state index in [-0.39, 0.29) is 12.1 Å². The molecule has 1 unspecified atom stereocenters. The van der Waals surface area contributed by atoms with E-state index in [1.165, 1.54) is 0 Å². The second-order valence-electron chi connectivity index (χ2n) is 8.35. The molecular formula is C27H28N4O3. The van der Waals surface area contributed by atoms with Crippen molar-refractivity contribution in [3.05, 3.63) is 94.3 Å². The number of primary amides is 1. The maximum atomic E-state index is 13.0. The van der Waals surface area contributed by atoms with E-state index in [0.717, 1.165) is 39.3 Å². The second kappa shape index (κ2) is 9.31. The fourth-order valence-electron chi connectivity index (χ4n) is 4.26. The van der Waals surface area contributed by atoms with Gasteiger partial charge in [-0.2, -0.15) is 0 Å². The van der Waals surface area contributed by atoms with Gasteiger partial charge in [0.05, 0.1) is 7.11 Å². The van der Waals surface area contributed by atoms with Crippen molar-refractivity contribution in [2.45, 2.75) is 26.9 Å². The zero-order chi connectivity index (χ0) is 24.4. The van der Waals surface area contributed by atoms with E-state index in [0.29, 0.717) is 16.9 Å². The van der Waals surface area contributed by atoms with Crippen LogP contribution in [-0.2, 0) is 4.79 Å². The molecule has 1 aliphatic heterocycles. The molecule has 0 aromatic heterocycles. The number of anilines is 1. The van der Waals surface area contributed by atoms with Crippen LogP contribution in [0, 0.1) is 13.8 Å². The highest BCUT2D eigenvalue weighted by Crippen LogP contribution is 2.37. The van der Waals surface area contributed by atoms with Gasteiger partial charge in [0.1, 0.15) is 17.6 Å². The van der Waals surface area contributed by atoms with Gasteiger partial charge in [-0.15, -0.1) is 0 Å². The minimum absolute atomic E-state index is 0.285. The number of hydrogen-bond acceptors (Lipinski definition) is 5. The van der Waals surface area contributed by atoms with Gasteiger partial charge in [0.2, 0.25) is 5.91 Å². The van der Waals surface area contributed by atoms with Crippen LogP contribution in [0.25, 0.3) is 11.1 Å². The first-order chi connectivity index (χ1) is 16.3. The Kier molecular flexibility index (Phi) is 6.27. The number of ether oxygens (including phenoxy) is 1. The van der Waals surface area contributed by atoms with Crippen LogP contribution in [0.3, 0.4) is 0 Å². The van der Waals surface area contributed by atoms with Gasteiger partial charge in [-0.25, -0.2) is 0 Å². The van der Waals surface area contributed by atoms with E-state index in [2.05, 4.69) is 48.0 Å². The lowest BCUT2D eigenvalue weighted by molar-refractivity contribution is -0.113. The molecule has 34 heavy (non-hydrogen) atoms. The molecule has 4 rings (SSSR count). The van der Waals surface area contributed by atoms with Gasteiger partial charge in [-0.1, -0.05) is 30.3 Å². The molecule has 0 saturated heterocycles. The van der Waals surface area contributed by atoms with Gasteiger partial charge in [-0.3, -0.25) is 9.59 Å². The molecule has 1 aliphatic rings. The van der Waals surface area contributed by atoms with Crippen LogP contribution in [0.15, 0.2) is 72.1 Å². The molecule has 0 radical (unpaired) electrons. The Hall–Kier alpha value is -4.26. The molecule has 3 aromatic carbocycles. The molecule has 1 heterocycles. The largest absolute Gasteiger partial charge is 0.496 e. The van der Waals surface area contributed by atoms with Gasteiger partial charge in [0.15, 0.2) is 0 Å². The highest BCUT2D eigenvalue weighted by molar-refractivity contribution is 6.05. The van der Waals surface area contributed by atoms with Gasteiger partial charge < -0.3 is 26.4 Å². The van der Waals surface area contributed by atoms with E-state index in [4.69, 9.17) is 10.5 Å². The van der Waals surface area contributed by atoms with E-state index in [1.807, 2.05) is 25.1 Å². The van der Waals surface area contributed by atoms with Crippen molar-refractivity contribution < 1.29 is 14.3 Å². The predicted octanol–water partition coefficient (Wildman–Crippen LogP) is 4.14. The fourth-order valence-corrected chi connectivity index (χ4v) is 4.26.